The van der Waals surface area contributed by atoms with Crippen LogP contribution in [0.4, 0.5) is 4.39 Å². The zero-order chi connectivity index (χ0) is 20.6. The number of benzene rings is 2. The molecule has 0 N–H and O–H groups in total. The summed E-state index contributed by atoms with van der Waals surface area (Å²) < 4.78 is 27.1. The molecule has 4 rings (SSSR count). The normalized spacial score (nSPS) is 27.0. The third kappa shape index (κ3) is 3.55. The maximum Gasteiger partial charge on any atom is 0.306 e. The fourth-order valence-corrected chi connectivity index (χ4v) is 9.75. The van der Waals surface area contributed by atoms with E-state index in [1.807, 2.05) is 36.4 Å². The van der Waals surface area contributed by atoms with Crippen LogP contribution in [0.15, 0.2) is 60.7 Å². The first kappa shape index (κ1) is 20.3. The standard InChI is InChI=1S/C24H29FO3Si/c1-24(2,3)29(17-10-6-4-7-11-17,18-12-8-5-9-13-18)27-16-20-19-14-23(26)28-22(19)15-21(20)25/h4-13,19-22H,14-16H2,1-3H3/t19-,20+,21+,22+/m1/s1. The quantitative estimate of drug-likeness (QED) is 0.553. The molecule has 0 radical (unpaired) electrons. The van der Waals surface area contributed by atoms with E-state index in [-0.39, 0.29) is 28.9 Å². The zero-order valence-corrected chi connectivity index (χ0v) is 18.3. The third-order valence-electron chi connectivity index (χ3n) is 6.54. The summed E-state index contributed by atoms with van der Waals surface area (Å²) in [5.74, 6) is -0.578. The molecule has 3 nitrogen and oxygen atoms in total. The Labute approximate surface area is 173 Å². The number of hydrogen-bond donors (Lipinski definition) is 0. The molecule has 2 aromatic carbocycles. The van der Waals surface area contributed by atoms with E-state index < -0.39 is 14.5 Å². The smallest absolute Gasteiger partial charge is 0.306 e. The lowest BCUT2D eigenvalue weighted by atomic mass is 9.93. The second-order valence-electron chi connectivity index (χ2n) is 9.29. The van der Waals surface area contributed by atoms with Crippen LogP contribution in [-0.4, -0.2) is 33.2 Å². The van der Waals surface area contributed by atoms with E-state index in [9.17, 15) is 9.18 Å². The molecule has 1 heterocycles. The summed E-state index contributed by atoms with van der Waals surface area (Å²) in [5, 5.41) is 2.21. The molecule has 2 aromatic rings. The maximum absolute atomic E-state index is 14.9. The molecule has 29 heavy (non-hydrogen) atoms. The van der Waals surface area contributed by atoms with Crippen molar-refractivity contribution in [2.75, 3.05) is 6.61 Å². The maximum atomic E-state index is 14.9. The number of alkyl halides is 1. The van der Waals surface area contributed by atoms with Gasteiger partial charge in [-0.25, -0.2) is 4.39 Å². The third-order valence-corrected chi connectivity index (χ3v) is 11.5. The molecular formula is C24H29FO3Si. The average molecular weight is 413 g/mol. The number of halogens is 1. The minimum Gasteiger partial charge on any atom is -0.462 e. The average Bonchev–Trinajstić information content (AvgIpc) is 3.18. The summed E-state index contributed by atoms with van der Waals surface area (Å²) in [4.78, 5) is 11.7. The largest absolute Gasteiger partial charge is 0.462 e. The van der Waals surface area contributed by atoms with Crippen LogP contribution in [0.5, 0.6) is 0 Å². The molecule has 0 amide bonds. The Morgan fingerprint density at radius 3 is 2.10 bits per heavy atom. The number of carbonyl (C=O) groups is 1. The Morgan fingerprint density at radius 2 is 1.59 bits per heavy atom. The molecule has 2 fully saturated rings. The van der Waals surface area contributed by atoms with Gasteiger partial charge < -0.3 is 9.16 Å². The monoisotopic (exact) mass is 412 g/mol. The molecule has 2 aliphatic rings. The van der Waals surface area contributed by atoms with Crippen LogP contribution in [0.3, 0.4) is 0 Å². The molecule has 0 unspecified atom stereocenters. The van der Waals surface area contributed by atoms with Gasteiger partial charge >= 0.3 is 5.97 Å². The first-order valence-corrected chi connectivity index (χ1v) is 12.3. The summed E-state index contributed by atoms with van der Waals surface area (Å²) in [6, 6.07) is 20.7. The van der Waals surface area contributed by atoms with Crippen LogP contribution in [0, 0.1) is 11.8 Å². The number of ether oxygens (including phenoxy) is 1. The molecular weight excluding hydrogens is 383 g/mol. The molecule has 154 valence electrons. The van der Waals surface area contributed by atoms with Gasteiger partial charge in [-0.15, -0.1) is 0 Å². The van der Waals surface area contributed by atoms with Crippen molar-refractivity contribution in [3.05, 3.63) is 60.7 Å². The molecule has 1 saturated heterocycles. The summed E-state index contributed by atoms with van der Waals surface area (Å²) in [6.07, 6.45) is -0.674. The number of hydrogen-bond acceptors (Lipinski definition) is 3. The zero-order valence-electron chi connectivity index (χ0n) is 17.3. The Hall–Kier alpha value is -1.98. The molecule has 0 bridgehead atoms. The summed E-state index contributed by atoms with van der Waals surface area (Å²) >= 11 is 0. The van der Waals surface area contributed by atoms with Crippen LogP contribution in [0.2, 0.25) is 5.04 Å². The van der Waals surface area contributed by atoms with Gasteiger partial charge in [0.05, 0.1) is 6.42 Å². The van der Waals surface area contributed by atoms with Crippen molar-refractivity contribution in [2.24, 2.45) is 11.8 Å². The second kappa shape index (κ2) is 7.69. The van der Waals surface area contributed by atoms with Crippen LogP contribution < -0.4 is 10.4 Å². The van der Waals surface area contributed by atoms with Gasteiger partial charge in [-0.1, -0.05) is 81.4 Å². The van der Waals surface area contributed by atoms with E-state index in [0.717, 1.165) is 0 Å². The van der Waals surface area contributed by atoms with Gasteiger partial charge in [0.1, 0.15) is 12.3 Å². The first-order valence-electron chi connectivity index (χ1n) is 10.4. The Bertz CT molecular complexity index is 810. The van der Waals surface area contributed by atoms with Crippen LogP contribution in [-0.2, 0) is 14.0 Å². The molecule has 4 atom stereocenters. The molecule has 5 heteroatoms. The highest BCUT2D eigenvalue weighted by Crippen LogP contribution is 2.44. The van der Waals surface area contributed by atoms with Gasteiger partial charge in [0.25, 0.3) is 8.32 Å². The second-order valence-corrected chi connectivity index (χ2v) is 13.6. The van der Waals surface area contributed by atoms with Crippen molar-refractivity contribution in [3.63, 3.8) is 0 Å². The summed E-state index contributed by atoms with van der Waals surface area (Å²) in [7, 11) is -2.70. The predicted octanol–water partition coefficient (Wildman–Crippen LogP) is 3.85. The summed E-state index contributed by atoms with van der Waals surface area (Å²) in [5.41, 5.74) is 0. The van der Waals surface area contributed by atoms with E-state index in [4.69, 9.17) is 9.16 Å². The SMILES string of the molecule is CC(C)(C)[Si](OC[C@H]1[C@H]2CC(=O)O[C@H]2C[C@@H]1F)(c1ccccc1)c1ccccc1. The van der Waals surface area contributed by atoms with Crippen molar-refractivity contribution in [1.29, 1.82) is 0 Å². The van der Waals surface area contributed by atoms with Gasteiger partial charge in [-0.3, -0.25) is 4.79 Å². The number of carbonyl (C=O) groups excluding carboxylic acids is 1. The lowest BCUT2D eigenvalue weighted by molar-refractivity contribution is -0.141. The van der Waals surface area contributed by atoms with Crippen molar-refractivity contribution >= 4 is 24.7 Å². The van der Waals surface area contributed by atoms with E-state index in [0.29, 0.717) is 19.4 Å². The van der Waals surface area contributed by atoms with E-state index in [1.54, 1.807) is 0 Å². The topological polar surface area (TPSA) is 35.5 Å². The summed E-state index contributed by atoms with van der Waals surface area (Å²) in [6.45, 7) is 6.95. The highest BCUT2D eigenvalue weighted by Gasteiger charge is 2.54. The Morgan fingerprint density at radius 1 is 1.03 bits per heavy atom. The van der Waals surface area contributed by atoms with E-state index in [1.165, 1.54) is 10.4 Å². The lowest BCUT2D eigenvalue weighted by Crippen LogP contribution is -2.67. The molecule has 0 spiro atoms. The van der Waals surface area contributed by atoms with Gasteiger partial charge in [-0.2, -0.15) is 0 Å². The number of fused-ring (bicyclic) bond motifs is 1. The number of esters is 1. The van der Waals surface area contributed by atoms with Gasteiger partial charge in [0, 0.05) is 24.9 Å². The van der Waals surface area contributed by atoms with Gasteiger partial charge in [0.15, 0.2) is 0 Å². The van der Waals surface area contributed by atoms with Gasteiger partial charge in [-0.05, 0) is 15.4 Å². The highest BCUT2D eigenvalue weighted by molar-refractivity contribution is 6.99. The predicted molar refractivity (Wildman–Crippen MR) is 115 cm³/mol. The van der Waals surface area contributed by atoms with Crippen LogP contribution in [0.1, 0.15) is 33.6 Å². The Kier molecular flexibility index (Phi) is 5.38. The fraction of sp³-hybridized carbons (Fsp3) is 0.458. The lowest BCUT2D eigenvalue weighted by Gasteiger charge is -2.44. The minimum atomic E-state index is -2.70. The molecule has 1 saturated carbocycles. The van der Waals surface area contributed by atoms with E-state index >= 15 is 0 Å². The van der Waals surface area contributed by atoms with Gasteiger partial charge in [0.2, 0.25) is 0 Å². The van der Waals surface area contributed by atoms with E-state index in [2.05, 4.69) is 45.0 Å². The first-order chi connectivity index (χ1) is 13.8. The van der Waals surface area contributed by atoms with Crippen molar-refractivity contribution < 1.29 is 18.3 Å². The molecule has 1 aliphatic carbocycles. The number of rotatable bonds is 5. The van der Waals surface area contributed by atoms with Crippen LogP contribution in [0.25, 0.3) is 0 Å². The van der Waals surface area contributed by atoms with Crippen molar-refractivity contribution in [1.82, 2.24) is 0 Å². The molecule has 1 aliphatic heterocycles. The van der Waals surface area contributed by atoms with Crippen molar-refractivity contribution in [3.8, 4) is 0 Å². The van der Waals surface area contributed by atoms with Crippen molar-refractivity contribution in [2.45, 2.75) is 50.9 Å². The highest BCUT2D eigenvalue weighted by atomic mass is 28.4. The Balaban J connectivity index is 1.72. The molecule has 0 aromatic heterocycles. The fourth-order valence-electron chi connectivity index (χ4n) is 5.15. The van der Waals surface area contributed by atoms with Crippen LogP contribution >= 0.6 is 0 Å². The minimum absolute atomic E-state index is 0.0734.